The van der Waals surface area contributed by atoms with Gasteiger partial charge >= 0.3 is 0 Å². The summed E-state index contributed by atoms with van der Waals surface area (Å²) in [6, 6.07) is 65.5. The van der Waals surface area contributed by atoms with Crippen molar-refractivity contribution in [3.05, 3.63) is 188 Å². The molecule has 0 spiro atoms. The van der Waals surface area contributed by atoms with Gasteiger partial charge in [0, 0.05) is 43.4 Å². The summed E-state index contributed by atoms with van der Waals surface area (Å²) in [4.78, 5) is 15.4. The second-order valence-electron chi connectivity index (χ2n) is 14.4. The lowest BCUT2D eigenvalue weighted by Gasteiger charge is -2.11. The smallest absolute Gasteiger partial charge is 0.238 e. The molecule has 12 aromatic rings. The van der Waals surface area contributed by atoms with E-state index in [1.807, 2.05) is 36.4 Å². The lowest BCUT2D eigenvalue weighted by molar-refractivity contribution is 0.666. The fourth-order valence-electron chi connectivity index (χ4n) is 8.59. The Bertz CT molecular complexity index is 3470. The summed E-state index contributed by atoms with van der Waals surface area (Å²) in [6.07, 6.45) is 0. The highest BCUT2D eigenvalue weighted by molar-refractivity contribution is 6.14. The topological polar surface area (TPSA) is 61.7 Å². The summed E-state index contributed by atoms with van der Waals surface area (Å²) in [6.45, 7) is 0. The maximum absolute atomic E-state index is 6.80. The van der Waals surface area contributed by atoms with Gasteiger partial charge in [-0.2, -0.15) is 9.97 Å². The van der Waals surface area contributed by atoms with E-state index < -0.39 is 0 Å². The Labute approximate surface area is 326 Å². The molecule has 0 amide bonds. The monoisotopic (exact) mass is 729 g/mol. The van der Waals surface area contributed by atoms with Gasteiger partial charge in [0.1, 0.15) is 5.58 Å². The van der Waals surface area contributed by atoms with E-state index in [1.54, 1.807) is 0 Å². The minimum Gasteiger partial charge on any atom is -0.454 e. The standard InChI is InChI=1S/C51H31N5O/c1-3-14-32(15-4-1)34-26-28-39-38-20-7-10-22-42(38)55(46(39)31-34)45-25-13-21-40-41-30-35(27-29-47(41)57-48(40)45)50-52-49(33-16-5-2-6-17-33)53-51(54-50)56-43-23-11-8-18-36(43)37-19-9-12-24-44(37)56/h1-31H. The zero-order chi connectivity index (χ0) is 37.5. The number of nitrogens with zero attached hydrogens (tertiary/aromatic N) is 5. The molecule has 0 bridgehead atoms. The quantitative estimate of drug-likeness (QED) is 0.177. The molecule has 57 heavy (non-hydrogen) atoms. The second kappa shape index (κ2) is 12.3. The molecule has 4 aromatic heterocycles. The highest BCUT2D eigenvalue weighted by Gasteiger charge is 2.21. The first-order chi connectivity index (χ1) is 28.3. The van der Waals surface area contributed by atoms with E-state index in [-0.39, 0.29) is 0 Å². The van der Waals surface area contributed by atoms with Gasteiger partial charge in [-0.25, -0.2) is 4.98 Å². The summed E-state index contributed by atoms with van der Waals surface area (Å²) in [5.74, 6) is 1.76. The van der Waals surface area contributed by atoms with E-state index in [4.69, 9.17) is 19.4 Å². The Kier molecular flexibility index (Phi) is 6.83. The number of benzene rings is 8. The number of hydrogen-bond acceptors (Lipinski definition) is 4. The first-order valence-corrected chi connectivity index (χ1v) is 19.1. The van der Waals surface area contributed by atoms with Crippen LogP contribution in [0.3, 0.4) is 0 Å². The van der Waals surface area contributed by atoms with Crippen molar-refractivity contribution in [3.63, 3.8) is 0 Å². The van der Waals surface area contributed by atoms with Gasteiger partial charge in [0.05, 0.1) is 27.8 Å². The van der Waals surface area contributed by atoms with Gasteiger partial charge in [0.25, 0.3) is 0 Å². The van der Waals surface area contributed by atoms with Crippen LogP contribution < -0.4 is 0 Å². The summed E-state index contributed by atoms with van der Waals surface area (Å²) < 4.78 is 11.3. The molecule has 0 aliphatic rings. The van der Waals surface area contributed by atoms with Gasteiger partial charge in [0.15, 0.2) is 17.2 Å². The Morgan fingerprint density at radius 1 is 0.333 bits per heavy atom. The SMILES string of the molecule is c1ccc(-c2ccc3c4ccccc4n(-c4cccc5c4oc4ccc(-c6nc(-c7ccccc7)nc(-n7c8ccccc8c8ccccc87)n6)cc45)c3c2)cc1. The van der Waals surface area contributed by atoms with E-state index in [1.165, 1.54) is 21.9 Å². The number of hydrogen-bond donors (Lipinski definition) is 0. The first-order valence-electron chi connectivity index (χ1n) is 19.1. The predicted octanol–water partition coefficient (Wildman–Crippen LogP) is 13.0. The summed E-state index contributed by atoms with van der Waals surface area (Å²) in [5.41, 5.74) is 11.1. The van der Waals surface area contributed by atoms with Gasteiger partial charge in [-0.05, 0) is 59.7 Å². The van der Waals surface area contributed by atoms with Crippen LogP contribution in [0.25, 0.3) is 111 Å². The molecule has 0 saturated carbocycles. The molecular formula is C51H31N5O. The molecule has 0 fully saturated rings. The molecule has 266 valence electrons. The van der Waals surface area contributed by atoms with Gasteiger partial charge in [0.2, 0.25) is 5.95 Å². The van der Waals surface area contributed by atoms with Gasteiger partial charge < -0.3 is 8.98 Å². The van der Waals surface area contributed by atoms with Crippen molar-refractivity contribution in [2.45, 2.75) is 0 Å². The minimum absolute atomic E-state index is 0.567. The number of fused-ring (bicyclic) bond motifs is 9. The lowest BCUT2D eigenvalue weighted by Crippen LogP contribution is -2.06. The van der Waals surface area contributed by atoms with Gasteiger partial charge in [-0.3, -0.25) is 4.57 Å². The fourth-order valence-corrected chi connectivity index (χ4v) is 8.59. The summed E-state index contributed by atoms with van der Waals surface area (Å²) in [7, 11) is 0. The van der Waals surface area contributed by atoms with Crippen LogP contribution in [0.4, 0.5) is 0 Å². The van der Waals surface area contributed by atoms with Crippen LogP contribution in [-0.4, -0.2) is 24.1 Å². The van der Waals surface area contributed by atoms with E-state index >= 15 is 0 Å². The molecule has 0 radical (unpaired) electrons. The van der Waals surface area contributed by atoms with Crippen molar-refractivity contribution in [2.24, 2.45) is 0 Å². The Morgan fingerprint density at radius 3 is 1.56 bits per heavy atom. The number of aromatic nitrogens is 5. The van der Waals surface area contributed by atoms with E-state index in [0.29, 0.717) is 17.6 Å². The van der Waals surface area contributed by atoms with Crippen LogP contribution in [0.2, 0.25) is 0 Å². The molecule has 8 aromatic carbocycles. The molecule has 0 atom stereocenters. The maximum atomic E-state index is 6.80. The van der Waals surface area contributed by atoms with Crippen LogP contribution in [0, 0.1) is 0 Å². The van der Waals surface area contributed by atoms with E-state index in [0.717, 1.165) is 71.6 Å². The van der Waals surface area contributed by atoms with Crippen LogP contribution in [-0.2, 0) is 0 Å². The lowest BCUT2D eigenvalue weighted by atomic mass is 10.0. The first kappa shape index (κ1) is 31.5. The average molecular weight is 730 g/mol. The zero-order valence-corrected chi connectivity index (χ0v) is 30.5. The molecule has 0 N–H and O–H groups in total. The highest BCUT2D eigenvalue weighted by Crippen LogP contribution is 2.40. The summed E-state index contributed by atoms with van der Waals surface area (Å²) in [5, 5.41) is 6.72. The minimum atomic E-state index is 0.567. The Balaban J connectivity index is 1.07. The zero-order valence-electron chi connectivity index (χ0n) is 30.5. The van der Waals surface area contributed by atoms with Gasteiger partial charge in [-0.1, -0.05) is 140 Å². The third-order valence-corrected chi connectivity index (χ3v) is 11.2. The highest BCUT2D eigenvalue weighted by atomic mass is 16.3. The maximum Gasteiger partial charge on any atom is 0.238 e. The van der Waals surface area contributed by atoms with Crippen molar-refractivity contribution >= 4 is 65.6 Å². The van der Waals surface area contributed by atoms with Crippen molar-refractivity contribution in [1.29, 1.82) is 0 Å². The molecule has 6 heteroatoms. The molecule has 12 rings (SSSR count). The van der Waals surface area contributed by atoms with Crippen LogP contribution in [0.15, 0.2) is 192 Å². The van der Waals surface area contributed by atoms with Crippen LogP contribution >= 0.6 is 0 Å². The normalized spacial score (nSPS) is 11.9. The molecular weight excluding hydrogens is 699 g/mol. The van der Waals surface area contributed by atoms with Crippen LogP contribution in [0.5, 0.6) is 0 Å². The number of rotatable bonds is 5. The van der Waals surface area contributed by atoms with E-state index in [2.05, 4.69) is 161 Å². The van der Waals surface area contributed by atoms with Gasteiger partial charge in [-0.15, -0.1) is 0 Å². The number of para-hydroxylation sites is 4. The molecule has 4 heterocycles. The molecule has 0 unspecified atom stereocenters. The third-order valence-electron chi connectivity index (χ3n) is 11.2. The third kappa shape index (κ3) is 4.87. The number of furan rings is 1. The van der Waals surface area contributed by atoms with Crippen molar-refractivity contribution < 1.29 is 4.42 Å². The Morgan fingerprint density at radius 2 is 0.877 bits per heavy atom. The summed E-state index contributed by atoms with van der Waals surface area (Å²) >= 11 is 0. The van der Waals surface area contributed by atoms with Crippen molar-refractivity contribution in [1.82, 2.24) is 24.1 Å². The molecule has 0 aliphatic heterocycles. The molecule has 6 nitrogen and oxygen atoms in total. The fraction of sp³-hybridized carbons (Fsp3) is 0. The van der Waals surface area contributed by atoms with Crippen molar-refractivity contribution in [2.75, 3.05) is 0 Å². The Hall–Kier alpha value is -7.83. The predicted molar refractivity (Wildman–Crippen MR) is 232 cm³/mol. The second-order valence-corrected chi connectivity index (χ2v) is 14.4. The largest absolute Gasteiger partial charge is 0.454 e. The average Bonchev–Trinajstić information content (AvgIpc) is 3.94. The van der Waals surface area contributed by atoms with E-state index in [9.17, 15) is 0 Å². The van der Waals surface area contributed by atoms with Crippen molar-refractivity contribution in [3.8, 4) is 45.5 Å². The molecule has 0 aliphatic carbocycles. The van der Waals surface area contributed by atoms with Crippen LogP contribution in [0.1, 0.15) is 0 Å². The molecule has 0 saturated heterocycles.